The Hall–Kier alpha value is -2.19. The first-order valence-electron chi connectivity index (χ1n) is 9.00. The molecule has 2 aliphatic rings. The Morgan fingerprint density at radius 2 is 1.96 bits per heavy atom. The van der Waals surface area contributed by atoms with Gasteiger partial charge in [0.15, 0.2) is 0 Å². The predicted molar refractivity (Wildman–Crippen MR) is 95.7 cm³/mol. The Morgan fingerprint density at radius 3 is 2.76 bits per heavy atom. The predicted octanol–water partition coefficient (Wildman–Crippen LogP) is 0.795. The second-order valence-electron chi connectivity index (χ2n) is 6.54. The van der Waals surface area contributed by atoms with Crippen molar-refractivity contribution in [3.05, 3.63) is 30.6 Å². The van der Waals surface area contributed by atoms with Gasteiger partial charge in [0.25, 0.3) is 0 Å². The topological polar surface area (TPSA) is 82.2 Å². The Morgan fingerprint density at radius 1 is 1.12 bits per heavy atom. The molecule has 134 valence electrons. The van der Waals surface area contributed by atoms with E-state index in [1.165, 1.54) is 6.42 Å². The van der Waals surface area contributed by atoms with Gasteiger partial charge in [-0.05, 0) is 12.8 Å². The molecule has 2 N–H and O–H groups in total. The van der Waals surface area contributed by atoms with Gasteiger partial charge in [-0.15, -0.1) is 0 Å². The van der Waals surface area contributed by atoms with Gasteiger partial charge in [0.05, 0.1) is 19.8 Å². The molecule has 2 aromatic heterocycles. The lowest BCUT2D eigenvalue weighted by molar-refractivity contribution is 0.122. The van der Waals surface area contributed by atoms with Crippen LogP contribution in [-0.2, 0) is 11.3 Å². The molecule has 2 aromatic rings. The molecule has 4 rings (SSSR count). The number of morpholine rings is 1. The van der Waals surface area contributed by atoms with Crippen LogP contribution in [0.25, 0.3) is 0 Å². The number of aromatic amines is 1. The number of piperidine rings is 1. The van der Waals surface area contributed by atoms with Gasteiger partial charge in [0.1, 0.15) is 23.8 Å². The molecule has 0 unspecified atom stereocenters. The normalized spacial score (nSPS) is 21.5. The molecular weight excluding hydrogens is 318 g/mol. The number of hydrogen-bond donors (Lipinski definition) is 2. The van der Waals surface area contributed by atoms with E-state index >= 15 is 0 Å². The van der Waals surface area contributed by atoms with Crippen molar-refractivity contribution in [3.8, 4) is 0 Å². The van der Waals surface area contributed by atoms with E-state index in [9.17, 15) is 0 Å². The maximum absolute atomic E-state index is 5.43. The highest BCUT2D eigenvalue weighted by Crippen LogP contribution is 2.22. The number of nitrogens with zero attached hydrogens (tertiary/aromatic N) is 5. The smallest absolute Gasteiger partial charge is 0.134 e. The molecule has 0 aliphatic carbocycles. The van der Waals surface area contributed by atoms with E-state index in [2.05, 4.69) is 41.1 Å². The zero-order chi connectivity index (χ0) is 16.9. The van der Waals surface area contributed by atoms with Crippen molar-refractivity contribution in [1.29, 1.82) is 0 Å². The largest absolute Gasteiger partial charge is 0.378 e. The summed E-state index contributed by atoms with van der Waals surface area (Å²) >= 11 is 0. The number of rotatable bonds is 5. The molecule has 25 heavy (non-hydrogen) atoms. The zero-order valence-electron chi connectivity index (χ0n) is 14.4. The highest BCUT2D eigenvalue weighted by molar-refractivity contribution is 5.50. The molecule has 2 aliphatic heterocycles. The Bertz CT molecular complexity index is 657. The molecule has 0 radical (unpaired) electrons. The van der Waals surface area contributed by atoms with Crippen molar-refractivity contribution in [1.82, 2.24) is 25.3 Å². The SMILES string of the molecule is c1nc(N2CCOCC2)cc(N2CCC[C@H](NCc3ncc[nH]3)C2)n1. The van der Waals surface area contributed by atoms with Crippen LogP contribution >= 0.6 is 0 Å². The monoisotopic (exact) mass is 343 g/mol. The highest BCUT2D eigenvalue weighted by Gasteiger charge is 2.22. The fourth-order valence-corrected chi connectivity index (χ4v) is 3.46. The first-order chi connectivity index (χ1) is 12.4. The lowest BCUT2D eigenvalue weighted by Gasteiger charge is -2.34. The maximum atomic E-state index is 5.43. The summed E-state index contributed by atoms with van der Waals surface area (Å²) in [7, 11) is 0. The highest BCUT2D eigenvalue weighted by atomic mass is 16.5. The number of ether oxygens (including phenoxy) is 1. The molecule has 0 saturated carbocycles. The summed E-state index contributed by atoms with van der Waals surface area (Å²) in [6, 6.07) is 2.56. The molecule has 0 amide bonds. The van der Waals surface area contributed by atoms with Crippen LogP contribution in [-0.4, -0.2) is 65.4 Å². The van der Waals surface area contributed by atoms with Crippen LogP contribution in [0.4, 0.5) is 11.6 Å². The van der Waals surface area contributed by atoms with Crippen LogP contribution in [0.3, 0.4) is 0 Å². The first-order valence-corrected chi connectivity index (χ1v) is 9.00. The van der Waals surface area contributed by atoms with Crippen LogP contribution in [0.1, 0.15) is 18.7 Å². The molecular formula is C17H25N7O. The van der Waals surface area contributed by atoms with Crippen molar-refractivity contribution in [2.45, 2.75) is 25.4 Å². The van der Waals surface area contributed by atoms with E-state index in [1.807, 2.05) is 6.20 Å². The quantitative estimate of drug-likeness (QED) is 0.831. The third kappa shape index (κ3) is 4.08. The summed E-state index contributed by atoms with van der Waals surface area (Å²) in [4.78, 5) is 21.0. The second kappa shape index (κ2) is 7.79. The summed E-state index contributed by atoms with van der Waals surface area (Å²) in [6.07, 6.45) is 7.67. The minimum absolute atomic E-state index is 0.445. The molecule has 2 saturated heterocycles. The maximum Gasteiger partial charge on any atom is 0.134 e. The summed E-state index contributed by atoms with van der Waals surface area (Å²) in [6.45, 7) is 6.09. The van der Waals surface area contributed by atoms with Gasteiger partial charge in [-0.2, -0.15) is 0 Å². The van der Waals surface area contributed by atoms with Crippen LogP contribution in [0.5, 0.6) is 0 Å². The van der Waals surface area contributed by atoms with Crippen LogP contribution < -0.4 is 15.1 Å². The van der Waals surface area contributed by atoms with Crippen LogP contribution in [0.15, 0.2) is 24.8 Å². The van der Waals surface area contributed by atoms with E-state index < -0.39 is 0 Å². The minimum atomic E-state index is 0.445. The fourth-order valence-electron chi connectivity index (χ4n) is 3.46. The third-order valence-electron chi connectivity index (χ3n) is 4.83. The molecule has 1 atom stereocenters. The molecule has 4 heterocycles. The number of H-pyrrole nitrogens is 1. The molecule has 0 bridgehead atoms. The lowest BCUT2D eigenvalue weighted by atomic mass is 10.1. The standard InChI is InChI=1S/C17H25N7O/c1-2-14(20-11-15-18-3-4-19-15)12-24(5-1)17-10-16(21-13-22-17)23-6-8-25-9-7-23/h3-4,10,13-14,20H,1-2,5-9,11-12H2,(H,18,19)/t14-/m0/s1. The molecule has 2 fully saturated rings. The van der Waals surface area contributed by atoms with Gasteiger partial charge in [-0.25, -0.2) is 15.0 Å². The van der Waals surface area contributed by atoms with E-state index in [-0.39, 0.29) is 0 Å². The fraction of sp³-hybridized carbons (Fsp3) is 0.588. The number of hydrogen-bond acceptors (Lipinski definition) is 7. The Labute approximate surface area is 147 Å². The molecule has 8 nitrogen and oxygen atoms in total. The first kappa shape index (κ1) is 16.3. The Kier molecular flexibility index (Phi) is 5.08. The van der Waals surface area contributed by atoms with Crippen molar-refractivity contribution in [2.24, 2.45) is 0 Å². The average Bonchev–Trinajstić information content (AvgIpc) is 3.21. The van der Waals surface area contributed by atoms with Crippen molar-refractivity contribution >= 4 is 11.6 Å². The Balaban J connectivity index is 1.38. The van der Waals surface area contributed by atoms with Crippen LogP contribution in [0.2, 0.25) is 0 Å². The van der Waals surface area contributed by atoms with Crippen molar-refractivity contribution in [2.75, 3.05) is 49.2 Å². The number of anilines is 2. The van der Waals surface area contributed by atoms with E-state index in [4.69, 9.17) is 4.74 Å². The van der Waals surface area contributed by atoms with Gasteiger partial charge in [-0.3, -0.25) is 0 Å². The van der Waals surface area contributed by atoms with E-state index in [1.54, 1.807) is 12.5 Å². The van der Waals surface area contributed by atoms with Crippen molar-refractivity contribution < 1.29 is 4.74 Å². The van der Waals surface area contributed by atoms with Gasteiger partial charge >= 0.3 is 0 Å². The third-order valence-corrected chi connectivity index (χ3v) is 4.83. The average molecular weight is 343 g/mol. The summed E-state index contributed by atoms with van der Waals surface area (Å²) in [5.41, 5.74) is 0. The zero-order valence-corrected chi connectivity index (χ0v) is 14.4. The van der Waals surface area contributed by atoms with E-state index in [0.717, 1.165) is 69.8 Å². The second-order valence-corrected chi connectivity index (χ2v) is 6.54. The summed E-state index contributed by atoms with van der Waals surface area (Å²) in [5, 5.41) is 3.60. The number of aromatic nitrogens is 4. The summed E-state index contributed by atoms with van der Waals surface area (Å²) < 4.78 is 5.43. The minimum Gasteiger partial charge on any atom is -0.378 e. The molecule has 8 heteroatoms. The number of nitrogens with one attached hydrogen (secondary N) is 2. The summed E-state index contributed by atoms with van der Waals surface area (Å²) in [5.74, 6) is 2.99. The van der Waals surface area contributed by atoms with Crippen LogP contribution in [0, 0.1) is 0 Å². The van der Waals surface area contributed by atoms with Gasteiger partial charge in [-0.1, -0.05) is 0 Å². The number of imidazole rings is 1. The van der Waals surface area contributed by atoms with Gasteiger partial charge in [0.2, 0.25) is 0 Å². The van der Waals surface area contributed by atoms with Gasteiger partial charge in [0, 0.05) is 50.7 Å². The van der Waals surface area contributed by atoms with Crippen molar-refractivity contribution in [3.63, 3.8) is 0 Å². The van der Waals surface area contributed by atoms with E-state index in [0.29, 0.717) is 6.04 Å². The molecule has 0 aromatic carbocycles. The van der Waals surface area contributed by atoms with Gasteiger partial charge < -0.3 is 24.8 Å². The molecule has 0 spiro atoms. The lowest BCUT2D eigenvalue weighted by Crippen LogP contribution is -2.46.